The van der Waals surface area contributed by atoms with Gasteiger partial charge in [0.15, 0.2) is 4.77 Å². The van der Waals surface area contributed by atoms with Crippen LogP contribution in [0.5, 0.6) is 0 Å². The minimum Gasteiger partial charge on any atom is -0.378 e. The van der Waals surface area contributed by atoms with E-state index in [0.29, 0.717) is 10.9 Å². The number of hydrogen-bond acceptors (Lipinski definition) is 3. The van der Waals surface area contributed by atoms with Crippen LogP contribution in [0.3, 0.4) is 0 Å². The van der Waals surface area contributed by atoms with Crippen LogP contribution < -0.4 is 0 Å². The summed E-state index contributed by atoms with van der Waals surface area (Å²) in [6.07, 6.45) is 5.13. The van der Waals surface area contributed by atoms with E-state index in [4.69, 9.17) is 17.0 Å². The maximum absolute atomic E-state index is 5.68. The maximum atomic E-state index is 5.68. The second kappa shape index (κ2) is 4.90. The summed E-state index contributed by atoms with van der Waals surface area (Å²) >= 11 is 5.14. The molecule has 0 amide bonds. The van der Waals surface area contributed by atoms with Gasteiger partial charge in [0, 0.05) is 13.2 Å². The average molecular weight is 227 g/mol. The molecule has 1 N–H and O–H groups in total. The molecule has 15 heavy (non-hydrogen) atoms. The molecule has 1 atom stereocenters. The molecule has 5 heteroatoms. The monoisotopic (exact) mass is 227 g/mol. The van der Waals surface area contributed by atoms with Crippen LogP contribution in [0.1, 0.15) is 31.5 Å². The van der Waals surface area contributed by atoms with Gasteiger partial charge in [-0.15, -0.1) is 0 Å². The molecule has 0 radical (unpaired) electrons. The molecule has 1 aromatic heterocycles. The fourth-order valence-electron chi connectivity index (χ4n) is 1.97. The molecule has 1 aliphatic rings. The summed E-state index contributed by atoms with van der Waals surface area (Å²) in [6.45, 7) is 3.79. The molecule has 2 heterocycles. The van der Waals surface area contributed by atoms with Crippen LogP contribution in [0.4, 0.5) is 0 Å². The number of ether oxygens (including phenoxy) is 1. The quantitative estimate of drug-likeness (QED) is 0.805. The predicted octanol–water partition coefficient (Wildman–Crippen LogP) is 2.21. The molecule has 2 rings (SSSR count). The normalized spacial score (nSPS) is 21.8. The molecule has 0 aliphatic carbocycles. The van der Waals surface area contributed by atoms with Gasteiger partial charge in [-0.05, 0) is 44.8 Å². The summed E-state index contributed by atoms with van der Waals surface area (Å²) in [4.78, 5) is 0. The number of aromatic nitrogens is 3. The summed E-state index contributed by atoms with van der Waals surface area (Å²) < 4.78 is 8.42. The molecular weight excluding hydrogens is 210 g/mol. The molecule has 1 aliphatic heterocycles. The van der Waals surface area contributed by atoms with Crippen LogP contribution in [0.2, 0.25) is 0 Å². The highest BCUT2D eigenvalue weighted by Gasteiger charge is 2.14. The zero-order valence-corrected chi connectivity index (χ0v) is 9.85. The Labute approximate surface area is 94.6 Å². The van der Waals surface area contributed by atoms with Gasteiger partial charge in [-0.1, -0.05) is 0 Å². The number of rotatable bonds is 3. The maximum Gasteiger partial charge on any atom is 0.195 e. The second-order valence-corrected chi connectivity index (χ2v) is 4.39. The summed E-state index contributed by atoms with van der Waals surface area (Å²) in [5.74, 6) is 0.954. The highest BCUT2D eigenvalue weighted by atomic mass is 32.1. The smallest absolute Gasteiger partial charge is 0.195 e. The molecule has 1 saturated heterocycles. The number of nitrogens with one attached hydrogen (secondary N) is 1. The first-order chi connectivity index (χ1) is 7.27. The molecule has 0 aromatic carbocycles. The lowest BCUT2D eigenvalue weighted by molar-refractivity contribution is 0.00866. The lowest BCUT2D eigenvalue weighted by Crippen LogP contribution is -2.21. The Bertz CT molecular complexity index is 365. The van der Waals surface area contributed by atoms with Gasteiger partial charge >= 0.3 is 0 Å². The van der Waals surface area contributed by atoms with Crippen LogP contribution >= 0.6 is 12.2 Å². The van der Waals surface area contributed by atoms with Crippen molar-refractivity contribution < 1.29 is 4.74 Å². The average Bonchev–Trinajstić information content (AvgIpc) is 2.58. The molecule has 1 aromatic rings. The van der Waals surface area contributed by atoms with E-state index in [2.05, 4.69) is 10.2 Å². The van der Waals surface area contributed by atoms with E-state index < -0.39 is 0 Å². The first-order valence-corrected chi connectivity index (χ1v) is 5.91. The fraction of sp³-hybridized carbons (Fsp3) is 0.800. The Balaban J connectivity index is 1.89. The topological polar surface area (TPSA) is 42.8 Å². The van der Waals surface area contributed by atoms with Crippen molar-refractivity contribution in [1.29, 1.82) is 0 Å². The number of hydrogen-bond donors (Lipinski definition) is 1. The van der Waals surface area contributed by atoms with Crippen LogP contribution in [0.25, 0.3) is 0 Å². The van der Waals surface area contributed by atoms with Crippen molar-refractivity contribution in [2.45, 2.75) is 45.3 Å². The van der Waals surface area contributed by atoms with E-state index in [0.717, 1.165) is 25.4 Å². The Kier molecular flexibility index (Phi) is 3.53. The summed E-state index contributed by atoms with van der Waals surface area (Å²) in [6, 6.07) is 0. The fourth-order valence-corrected chi connectivity index (χ4v) is 2.24. The van der Waals surface area contributed by atoms with Crippen molar-refractivity contribution >= 4 is 12.2 Å². The van der Waals surface area contributed by atoms with Crippen molar-refractivity contribution in [2.75, 3.05) is 6.61 Å². The molecule has 0 spiro atoms. The van der Waals surface area contributed by atoms with Gasteiger partial charge in [0.25, 0.3) is 0 Å². The van der Waals surface area contributed by atoms with Gasteiger partial charge in [-0.2, -0.15) is 5.10 Å². The SMILES string of the molecule is Cc1n[nH]c(=S)n1CCC1CCCCO1. The molecule has 0 bridgehead atoms. The van der Waals surface area contributed by atoms with Gasteiger partial charge in [0.1, 0.15) is 5.82 Å². The van der Waals surface area contributed by atoms with Crippen LogP contribution in [-0.2, 0) is 11.3 Å². The number of aryl methyl sites for hydroxylation is 1. The van der Waals surface area contributed by atoms with E-state index in [1.165, 1.54) is 19.3 Å². The van der Waals surface area contributed by atoms with Crippen LogP contribution in [-0.4, -0.2) is 27.5 Å². The predicted molar refractivity (Wildman–Crippen MR) is 60.4 cm³/mol. The number of aromatic amines is 1. The number of nitrogens with zero attached hydrogens (tertiary/aromatic N) is 2. The number of H-pyrrole nitrogens is 1. The van der Waals surface area contributed by atoms with Gasteiger partial charge in [0.05, 0.1) is 6.10 Å². The van der Waals surface area contributed by atoms with E-state index >= 15 is 0 Å². The van der Waals surface area contributed by atoms with Gasteiger partial charge in [-0.3, -0.25) is 5.10 Å². The first-order valence-electron chi connectivity index (χ1n) is 5.51. The standard InChI is InChI=1S/C10H17N3OS/c1-8-11-12-10(15)13(8)6-5-9-4-2-3-7-14-9/h9H,2-7H2,1H3,(H,12,15). The van der Waals surface area contributed by atoms with Crippen molar-refractivity contribution in [1.82, 2.24) is 14.8 Å². The molecule has 0 saturated carbocycles. The first kappa shape index (κ1) is 10.8. The molecule has 1 unspecified atom stereocenters. The van der Waals surface area contributed by atoms with Crippen molar-refractivity contribution in [3.05, 3.63) is 10.6 Å². The van der Waals surface area contributed by atoms with E-state index in [1.54, 1.807) is 0 Å². The molecular formula is C10H17N3OS. The highest BCUT2D eigenvalue weighted by molar-refractivity contribution is 7.71. The van der Waals surface area contributed by atoms with E-state index in [1.807, 2.05) is 11.5 Å². The third-order valence-electron chi connectivity index (χ3n) is 2.90. The molecule has 4 nitrogen and oxygen atoms in total. The van der Waals surface area contributed by atoms with Crippen molar-refractivity contribution in [3.8, 4) is 0 Å². The molecule has 84 valence electrons. The largest absolute Gasteiger partial charge is 0.378 e. The highest BCUT2D eigenvalue weighted by Crippen LogP contribution is 2.16. The second-order valence-electron chi connectivity index (χ2n) is 4.00. The third kappa shape index (κ3) is 2.66. The zero-order valence-electron chi connectivity index (χ0n) is 9.03. The van der Waals surface area contributed by atoms with Gasteiger partial charge < -0.3 is 9.30 Å². The van der Waals surface area contributed by atoms with Gasteiger partial charge in [-0.25, -0.2) is 0 Å². The lowest BCUT2D eigenvalue weighted by Gasteiger charge is -2.22. The van der Waals surface area contributed by atoms with Crippen molar-refractivity contribution in [2.24, 2.45) is 0 Å². The summed E-state index contributed by atoms with van der Waals surface area (Å²) in [5.41, 5.74) is 0. The minimum atomic E-state index is 0.412. The van der Waals surface area contributed by atoms with E-state index in [-0.39, 0.29) is 0 Å². The Hall–Kier alpha value is -0.680. The van der Waals surface area contributed by atoms with E-state index in [9.17, 15) is 0 Å². The zero-order chi connectivity index (χ0) is 10.7. The van der Waals surface area contributed by atoms with Crippen molar-refractivity contribution in [3.63, 3.8) is 0 Å². The Morgan fingerprint density at radius 2 is 2.47 bits per heavy atom. The Morgan fingerprint density at radius 1 is 1.60 bits per heavy atom. The third-order valence-corrected chi connectivity index (χ3v) is 3.21. The van der Waals surface area contributed by atoms with Crippen LogP contribution in [0.15, 0.2) is 0 Å². The minimum absolute atomic E-state index is 0.412. The summed E-state index contributed by atoms with van der Waals surface area (Å²) in [7, 11) is 0. The Morgan fingerprint density at radius 3 is 3.07 bits per heavy atom. The van der Waals surface area contributed by atoms with Gasteiger partial charge in [0.2, 0.25) is 0 Å². The lowest BCUT2D eigenvalue weighted by atomic mass is 10.1. The molecule has 1 fully saturated rings. The van der Waals surface area contributed by atoms with Crippen LogP contribution in [0, 0.1) is 11.7 Å². The summed E-state index contributed by atoms with van der Waals surface area (Å²) in [5, 5.41) is 6.88.